The van der Waals surface area contributed by atoms with E-state index in [2.05, 4.69) is 0 Å². The van der Waals surface area contributed by atoms with Crippen LogP contribution in [0.5, 0.6) is 0 Å². The Kier molecular flexibility index (Phi) is 11.0. The maximum Gasteiger partial charge on any atom is 0.275 e. The van der Waals surface area contributed by atoms with E-state index in [-0.39, 0.29) is 16.1 Å². The van der Waals surface area contributed by atoms with Crippen LogP contribution in [0.3, 0.4) is 0 Å². The Hall–Kier alpha value is -3.73. The van der Waals surface area contributed by atoms with Crippen molar-refractivity contribution in [2.75, 3.05) is 5.73 Å². The van der Waals surface area contributed by atoms with Crippen LogP contribution in [0.4, 0.5) is 43.4 Å². The predicted octanol–water partition coefficient (Wildman–Crippen LogP) is 6.38. The molecule has 7 nitrogen and oxygen atoms in total. The van der Waals surface area contributed by atoms with Gasteiger partial charge in [0.25, 0.3) is 11.4 Å². The highest BCUT2D eigenvalue weighted by Crippen LogP contribution is 2.18. The molecule has 2 N–H and O–H groups in total. The zero-order chi connectivity index (χ0) is 30.5. The molecule has 0 spiro atoms. The first-order chi connectivity index (χ1) is 17.6. The third-order valence-electron chi connectivity index (χ3n) is 4.86. The van der Waals surface area contributed by atoms with Gasteiger partial charge in [0, 0.05) is 22.1 Å². The summed E-state index contributed by atoms with van der Waals surface area (Å²) in [6.07, 6.45) is 0. The number of nitro groups is 2. The average molecular weight is 592 g/mol. The second-order valence-electron chi connectivity index (χ2n) is 10.3. The summed E-state index contributed by atoms with van der Waals surface area (Å²) in [5.74, 6) is -4.57. The van der Waals surface area contributed by atoms with Crippen LogP contribution in [-0.2, 0) is 0 Å². The second-order valence-corrected chi connectivity index (χ2v) is 20.3. The summed E-state index contributed by atoms with van der Waals surface area (Å²) < 4.78 is 78.0. The highest BCUT2D eigenvalue weighted by Gasteiger charge is 2.28. The highest BCUT2D eigenvalue weighted by molar-refractivity contribution is 6.89. The van der Waals surface area contributed by atoms with Gasteiger partial charge >= 0.3 is 0 Å². The Morgan fingerprint density at radius 3 is 1.13 bits per heavy atom. The number of rotatable bonds is 4. The van der Waals surface area contributed by atoms with Crippen LogP contribution < -0.4 is 16.1 Å². The lowest BCUT2D eigenvalue weighted by Gasteiger charge is -2.18. The SMILES string of the molecule is C[Si](C)(C)c1c(F)cc(N)cc1F.C[Si](C)(C)c1c(F)cc([N+](=O)[O-])cc1F.O=[N+]([O-])c1cc(F)cc(F)c1. The molecule has 0 aliphatic rings. The van der Waals surface area contributed by atoms with Gasteiger partial charge in [0.15, 0.2) is 0 Å². The zero-order valence-corrected chi connectivity index (χ0v) is 23.9. The molecule has 0 unspecified atom stereocenters. The number of nitrogens with two attached hydrogens (primary N) is 1. The van der Waals surface area contributed by atoms with Crippen molar-refractivity contribution in [2.45, 2.75) is 39.3 Å². The number of nitrogens with zero attached hydrogens (tertiary/aromatic N) is 2. The molecular formula is C24H27F6N3O4Si2. The number of hydrogen-bond acceptors (Lipinski definition) is 5. The van der Waals surface area contributed by atoms with Gasteiger partial charge in [0.1, 0.15) is 34.9 Å². The van der Waals surface area contributed by atoms with Crippen LogP contribution in [0.1, 0.15) is 0 Å². The summed E-state index contributed by atoms with van der Waals surface area (Å²) in [5.41, 5.74) is 4.31. The number of non-ortho nitro benzene ring substituents is 2. The number of hydrogen-bond donors (Lipinski definition) is 1. The lowest BCUT2D eigenvalue weighted by molar-refractivity contribution is -0.385. The molecule has 15 heteroatoms. The van der Waals surface area contributed by atoms with E-state index < -0.39 is 72.3 Å². The summed E-state index contributed by atoms with van der Waals surface area (Å²) in [6.45, 7) is 11.0. The molecule has 0 heterocycles. The second kappa shape index (κ2) is 12.9. The van der Waals surface area contributed by atoms with E-state index in [1.165, 1.54) is 12.1 Å². The molecule has 0 aliphatic carbocycles. The number of nitrogen functional groups attached to an aromatic ring is 1. The first kappa shape index (κ1) is 33.3. The quantitative estimate of drug-likeness (QED) is 0.124. The fourth-order valence-corrected chi connectivity index (χ4v) is 6.49. The van der Waals surface area contributed by atoms with E-state index in [4.69, 9.17) is 5.73 Å². The fraction of sp³-hybridized carbons (Fsp3) is 0.250. The topological polar surface area (TPSA) is 112 Å². The number of nitro benzene ring substituents is 2. The molecule has 212 valence electrons. The minimum Gasteiger partial charge on any atom is -0.399 e. The van der Waals surface area contributed by atoms with Crippen molar-refractivity contribution < 1.29 is 36.2 Å². The highest BCUT2D eigenvalue weighted by atomic mass is 28.3. The number of benzene rings is 3. The van der Waals surface area contributed by atoms with E-state index >= 15 is 0 Å². The van der Waals surface area contributed by atoms with Gasteiger partial charge in [0.05, 0.1) is 50.3 Å². The van der Waals surface area contributed by atoms with Gasteiger partial charge in [-0.1, -0.05) is 39.3 Å². The summed E-state index contributed by atoms with van der Waals surface area (Å²) in [6, 6.07) is 5.79. The van der Waals surface area contributed by atoms with Crippen molar-refractivity contribution in [3.05, 3.63) is 97.6 Å². The molecule has 39 heavy (non-hydrogen) atoms. The Morgan fingerprint density at radius 2 is 0.846 bits per heavy atom. The Labute approximate surface area is 222 Å². The van der Waals surface area contributed by atoms with E-state index in [0.717, 1.165) is 12.1 Å². The predicted molar refractivity (Wildman–Crippen MR) is 143 cm³/mol. The van der Waals surface area contributed by atoms with Crippen LogP contribution in [0.25, 0.3) is 0 Å². The Morgan fingerprint density at radius 1 is 0.564 bits per heavy atom. The van der Waals surface area contributed by atoms with Crippen LogP contribution in [0.15, 0.2) is 42.5 Å². The summed E-state index contributed by atoms with van der Waals surface area (Å²) in [5, 5.41) is 20.6. The van der Waals surface area contributed by atoms with Crippen LogP contribution in [0, 0.1) is 55.1 Å². The van der Waals surface area contributed by atoms with Crippen LogP contribution in [-0.4, -0.2) is 26.0 Å². The normalized spacial score (nSPS) is 11.1. The molecule has 3 aromatic carbocycles. The van der Waals surface area contributed by atoms with Crippen molar-refractivity contribution >= 4 is 43.6 Å². The molecule has 0 atom stereocenters. The summed E-state index contributed by atoms with van der Waals surface area (Å²) in [4.78, 5) is 18.7. The molecule has 3 rings (SSSR count). The molecule has 0 saturated heterocycles. The summed E-state index contributed by atoms with van der Waals surface area (Å²) >= 11 is 0. The lowest BCUT2D eigenvalue weighted by atomic mass is 10.3. The third kappa shape index (κ3) is 9.83. The standard InChI is InChI=1S/C9H11F2NO2Si.C9H13F2NSi.C6H3F2NO2/c1-15(2,3)9-7(10)4-6(12(13)14)5-8(9)11;1-13(2,3)9-7(10)4-6(12)5-8(9)11;7-4-1-5(8)3-6(2-4)9(10)11/h4-5H,1-3H3;4-5H,12H2,1-3H3;1-3H. The van der Waals surface area contributed by atoms with Gasteiger partial charge in [-0.2, -0.15) is 0 Å². The largest absolute Gasteiger partial charge is 0.399 e. The van der Waals surface area contributed by atoms with E-state index in [1.807, 2.05) is 19.6 Å². The van der Waals surface area contributed by atoms with Gasteiger partial charge < -0.3 is 5.73 Å². The van der Waals surface area contributed by atoms with Gasteiger partial charge in [-0.25, -0.2) is 26.3 Å². The molecule has 0 aliphatic heterocycles. The first-order valence-corrected chi connectivity index (χ1v) is 18.1. The smallest absolute Gasteiger partial charge is 0.275 e. The van der Waals surface area contributed by atoms with Gasteiger partial charge in [-0.3, -0.25) is 20.2 Å². The summed E-state index contributed by atoms with van der Waals surface area (Å²) in [7, 11) is -4.10. The van der Waals surface area contributed by atoms with Crippen molar-refractivity contribution in [3.8, 4) is 0 Å². The number of anilines is 1. The van der Waals surface area contributed by atoms with E-state index in [9.17, 15) is 46.6 Å². The van der Waals surface area contributed by atoms with E-state index in [0.29, 0.717) is 18.2 Å². The molecule has 0 radical (unpaired) electrons. The number of halogens is 6. The van der Waals surface area contributed by atoms with E-state index in [1.54, 1.807) is 19.6 Å². The fourth-order valence-electron chi connectivity index (χ4n) is 3.34. The van der Waals surface area contributed by atoms with Gasteiger partial charge in [0.2, 0.25) is 0 Å². The Balaban J connectivity index is 0.000000296. The van der Waals surface area contributed by atoms with Crippen molar-refractivity contribution in [1.29, 1.82) is 0 Å². The molecule has 0 fully saturated rings. The van der Waals surface area contributed by atoms with Crippen LogP contribution >= 0.6 is 0 Å². The van der Waals surface area contributed by atoms with Crippen molar-refractivity contribution in [3.63, 3.8) is 0 Å². The molecule has 0 bridgehead atoms. The third-order valence-corrected chi connectivity index (χ3v) is 8.82. The zero-order valence-electron chi connectivity index (χ0n) is 21.9. The molecular weight excluding hydrogens is 564 g/mol. The van der Waals surface area contributed by atoms with Gasteiger partial charge in [-0.15, -0.1) is 0 Å². The molecule has 0 saturated carbocycles. The van der Waals surface area contributed by atoms with Crippen molar-refractivity contribution in [2.24, 2.45) is 0 Å². The Bertz CT molecular complexity index is 1310. The minimum atomic E-state index is -2.15. The lowest BCUT2D eigenvalue weighted by Crippen LogP contribution is -2.42. The monoisotopic (exact) mass is 591 g/mol. The maximum absolute atomic E-state index is 13.5. The average Bonchev–Trinajstić information content (AvgIpc) is 2.70. The molecule has 0 amide bonds. The minimum absolute atomic E-state index is 0.00750. The maximum atomic E-state index is 13.5. The van der Waals surface area contributed by atoms with Gasteiger partial charge in [-0.05, 0) is 12.1 Å². The van der Waals surface area contributed by atoms with Crippen molar-refractivity contribution in [1.82, 2.24) is 0 Å². The molecule has 3 aromatic rings. The first-order valence-electron chi connectivity index (χ1n) is 11.1. The molecule has 0 aromatic heterocycles. The van der Waals surface area contributed by atoms with Crippen LogP contribution in [0.2, 0.25) is 39.3 Å².